The fraction of sp³-hybridized carbons (Fsp3) is 0.217. The second kappa shape index (κ2) is 8.05. The molecule has 0 radical (unpaired) electrons. The van der Waals surface area contributed by atoms with Crippen LogP contribution in [0.4, 0.5) is 23.0 Å². The van der Waals surface area contributed by atoms with E-state index < -0.39 is 0 Å². The minimum atomic E-state index is -0.154. The van der Waals surface area contributed by atoms with Gasteiger partial charge in [0.05, 0.1) is 16.9 Å². The second-order valence-electron chi connectivity index (χ2n) is 7.78. The van der Waals surface area contributed by atoms with Crippen LogP contribution in [0.2, 0.25) is 0 Å². The Labute approximate surface area is 188 Å². The van der Waals surface area contributed by atoms with Gasteiger partial charge in [-0.25, -0.2) is 9.97 Å². The van der Waals surface area contributed by atoms with Crippen LogP contribution in [0.3, 0.4) is 0 Å². The first-order chi connectivity index (χ1) is 15.6. The highest BCUT2D eigenvalue weighted by molar-refractivity contribution is 7.98. The summed E-state index contributed by atoms with van der Waals surface area (Å²) in [6.07, 6.45) is 6.06. The quantitative estimate of drug-likeness (QED) is 0.373. The molecule has 5 rings (SSSR count). The number of nitriles is 1. The average Bonchev–Trinajstić information content (AvgIpc) is 3.61. The van der Waals surface area contributed by atoms with Gasteiger partial charge in [0, 0.05) is 24.2 Å². The third-order valence-electron chi connectivity index (χ3n) is 5.50. The van der Waals surface area contributed by atoms with Crippen molar-refractivity contribution >= 4 is 45.8 Å². The first-order valence-corrected chi connectivity index (χ1v) is 11.5. The number of aromatic nitrogens is 4. The number of aryl methyl sites for hydroxylation is 1. The maximum absolute atomic E-state index is 12.8. The zero-order valence-corrected chi connectivity index (χ0v) is 18.5. The summed E-state index contributed by atoms with van der Waals surface area (Å²) < 4.78 is 1.41. The van der Waals surface area contributed by atoms with E-state index in [0.717, 1.165) is 10.6 Å². The number of benzene rings is 1. The van der Waals surface area contributed by atoms with E-state index in [4.69, 9.17) is 5.26 Å². The van der Waals surface area contributed by atoms with Crippen molar-refractivity contribution in [3.63, 3.8) is 0 Å². The minimum Gasteiger partial charge on any atom is -0.354 e. The Morgan fingerprint density at radius 2 is 2.00 bits per heavy atom. The first kappa shape index (κ1) is 20.2. The summed E-state index contributed by atoms with van der Waals surface area (Å²) in [6, 6.07) is 13.7. The molecular formula is C23H21N7OS. The van der Waals surface area contributed by atoms with E-state index in [1.54, 1.807) is 37.0 Å². The molecule has 0 saturated heterocycles. The van der Waals surface area contributed by atoms with Gasteiger partial charge in [0.15, 0.2) is 5.65 Å². The van der Waals surface area contributed by atoms with Crippen molar-refractivity contribution in [2.75, 3.05) is 16.9 Å². The predicted molar refractivity (Wildman–Crippen MR) is 127 cm³/mol. The molecule has 9 heteroatoms. The summed E-state index contributed by atoms with van der Waals surface area (Å²) in [4.78, 5) is 22.7. The fourth-order valence-corrected chi connectivity index (χ4v) is 4.27. The Morgan fingerprint density at radius 3 is 2.69 bits per heavy atom. The molecule has 32 heavy (non-hydrogen) atoms. The molecule has 1 aromatic carbocycles. The van der Waals surface area contributed by atoms with Crippen LogP contribution in [0.25, 0.3) is 11.0 Å². The molecule has 1 saturated carbocycles. The zero-order valence-electron chi connectivity index (χ0n) is 17.6. The lowest BCUT2D eigenvalue weighted by atomic mass is 10.1. The number of nitrogens with one attached hydrogen (secondary N) is 3. The van der Waals surface area contributed by atoms with E-state index in [1.165, 1.54) is 29.3 Å². The number of rotatable bonds is 6. The van der Waals surface area contributed by atoms with Gasteiger partial charge in [-0.05, 0) is 54.8 Å². The smallest absolute Gasteiger partial charge is 0.277 e. The molecule has 3 N–H and O–H groups in total. The summed E-state index contributed by atoms with van der Waals surface area (Å²) in [7, 11) is 1.67. The molecule has 0 spiro atoms. The maximum atomic E-state index is 12.8. The molecule has 3 aromatic heterocycles. The van der Waals surface area contributed by atoms with Crippen molar-refractivity contribution in [3.8, 4) is 6.07 Å². The molecule has 0 amide bonds. The summed E-state index contributed by atoms with van der Waals surface area (Å²) in [6.45, 7) is 0. The molecule has 4 aromatic rings. The normalized spacial score (nSPS) is 13.2. The standard InChI is InChI=1S/C23H21N7OS/c1-30-23(31)21-17(26-16-7-6-15(14-4-5-14)9-18(16)32-2)10-20(28-22(21)29-30)27-19-8-3-13(11-24)12-25-19/h3,6-10,12,14H,4-5H2,1-2H3,(H3,25,26,27,28,29). The van der Waals surface area contributed by atoms with Gasteiger partial charge in [0.25, 0.3) is 5.56 Å². The number of thioether (sulfide) groups is 1. The largest absolute Gasteiger partial charge is 0.354 e. The fourth-order valence-electron chi connectivity index (χ4n) is 3.67. The Kier molecular flexibility index (Phi) is 5.07. The van der Waals surface area contributed by atoms with Crippen LogP contribution in [0.15, 0.2) is 52.3 Å². The average molecular weight is 444 g/mol. The molecule has 0 atom stereocenters. The number of fused-ring (bicyclic) bond motifs is 1. The van der Waals surface area contributed by atoms with Crippen LogP contribution < -0.4 is 16.2 Å². The van der Waals surface area contributed by atoms with Gasteiger partial charge in [-0.3, -0.25) is 14.6 Å². The third kappa shape index (κ3) is 3.81. The Bertz CT molecular complexity index is 1410. The van der Waals surface area contributed by atoms with Crippen molar-refractivity contribution < 1.29 is 0 Å². The van der Waals surface area contributed by atoms with Gasteiger partial charge in [-0.15, -0.1) is 11.8 Å². The second-order valence-corrected chi connectivity index (χ2v) is 8.63. The lowest BCUT2D eigenvalue weighted by molar-refractivity contribution is 0.748. The number of nitrogens with zero attached hydrogens (tertiary/aromatic N) is 4. The summed E-state index contributed by atoms with van der Waals surface area (Å²) in [5.41, 5.74) is 3.76. The zero-order chi connectivity index (χ0) is 22.2. The van der Waals surface area contributed by atoms with Crippen molar-refractivity contribution in [1.82, 2.24) is 19.7 Å². The van der Waals surface area contributed by atoms with E-state index in [2.05, 4.69) is 56.2 Å². The number of hydrogen-bond acceptors (Lipinski definition) is 7. The van der Waals surface area contributed by atoms with Crippen molar-refractivity contribution in [1.29, 1.82) is 5.26 Å². The van der Waals surface area contributed by atoms with E-state index >= 15 is 0 Å². The topological polar surface area (TPSA) is 111 Å². The van der Waals surface area contributed by atoms with E-state index in [1.807, 2.05) is 0 Å². The number of aromatic amines is 1. The SMILES string of the molecule is CSc1cc(C2CC2)ccc1Nc1cc(Nc2ccc(C#N)cn2)nc2[nH]n(C)c(=O)c12. The number of anilines is 4. The molecule has 3 heterocycles. The van der Waals surface area contributed by atoms with E-state index in [9.17, 15) is 4.79 Å². The molecule has 8 nitrogen and oxygen atoms in total. The van der Waals surface area contributed by atoms with Crippen molar-refractivity contribution in [2.24, 2.45) is 7.05 Å². The minimum absolute atomic E-state index is 0.154. The van der Waals surface area contributed by atoms with Crippen LogP contribution in [-0.4, -0.2) is 26.0 Å². The van der Waals surface area contributed by atoms with Crippen LogP contribution in [0.1, 0.15) is 29.9 Å². The summed E-state index contributed by atoms with van der Waals surface area (Å²) >= 11 is 1.68. The van der Waals surface area contributed by atoms with Gasteiger partial charge < -0.3 is 10.6 Å². The van der Waals surface area contributed by atoms with Crippen molar-refractivity contribution in [3.05, 3.63) is 64.1 Å². The predicted octanol–water partition coefficient (Wildman–Crippen LogP) is 4.61. The van der Waals surface area contributed by atoms with Crippen LogP contribution in [0, 0.1) is 11.3 Å². The molecule has 1 aliphatic rings. The third-order valence-corrected chi connectivity index (χ3v) is 6.28. The highest BCUT2D eigenvalue weighted by Crippen LogP contribution is 2.42. The van der Waals surface area contributed by atoms with Gasteiger partial charge >= 0.3 is 0 Å². The van der Waals surface area contributed by atoms with Crippen LogP contribution >= 0.6 is 11.8 Å². The highest BCUT2D eigenvalue weighted by Gasteiger charge is 2.24. The number of pyridine rings is 2. The lowest BCUT2D eigenvalue weighted by Crippen LogP contribution is -2.12. The van der Waals surface area contributed by atoms with Gasteiger partial charge in [-0.2, -0.15) is 5.26 Å². The molecule has 0 aliphatic heterocycles. The lowest BCUT2D eigenvalue weighted by Gasteiger charge is -2.14. The van der Waals surface area contributed by atoms with Gasteiger partial charge in [0.1, 0.15) is 23.1 Å². The molecular weight excluding hydrogens is 422 g/mol. The van der Waals surface area contributed by atoms with Gasteiger partial charge in [-0.1, -0.05) is 6.07 Å². The molecule has 1 fully saturated rings. The molecule has 160 valence electrons. The van der Waals surface area contributed by atoms with E-state index in [0.29, 0.717) is 39.8 Å². The Hall–Kier alpha value is -3.77. The highest BCUT2D eigenvalue weighted by atomic mass is 32.2. The van der Waals surface area contributed by atoms with Crippen LogP contribution in [-0.2, 0) is 7.05 Å². The number of hydrogen-bond donors (Lipinski definition) is 3. The monoisotopic (exact) mass is 443 g/mol. The summed E-state index contributed by atoms with van der Waals surface area (Å²) in [5.74, 6) is 1.76. The van der Waals surface area contributed by atoms with Crippen molar-refractivity contribution in [2.45, 2.75) is 23.7 Å². The first-order valence-electron chi connectivity index (χ1n) is 10.2. The molecule has 1 aliphatic carbocycles. The van der Waals surface area contributed by atoms with E-state index in [-0.39, 0.29) is 5.56 Å². The maximum Gasteiger partial charge on any atom is 0.277 e. The van der Waals surface area contributed by atoms with Gasteiger partial charge in [0.2, 0.25) is 0 Å². The summed E-state index contributed by atoms with van der Waals surface area (Å²) in [5, 5.41) is 19.1. The Morgan fingerprint density at radius 1 is 1.16 bits per heavy atom. The van der Waals surface area contributed by atoms with Crippen LogP contribution in [0.5, 0.6) is 0 Å². The number of H-pyrrole nitrogens is 1. The Balaban J connectivity index is 1.55. The molecule has 0 bridgehead atoms. The molecule has 0 unspecified atom stereocenters.